The number of hydrogen-bond acceptors (Lipinski definition) is 5. The monoisotopic (exact) mass is 427 g/mol. The average molecular weight is 427 g/mol. The highest BCUT2D eigenvalue weighted by molar-refractivity contribution is 5.92. The number of urea groups is 1. The third-order valence-corrected chi connectivity index (χ3v) is 4.00. The molecule has 0 unspecified atom stereocenters. The fourth-order valence-electron chi connectivity index (χ4n) is 2.49. The van der Waals surface area contributed by atoms with E-state index in [9.17, 15) is 14.0 Å². The molecule has 2 aromatic carbocycles. The molecule has 0 bridgehead atoms. The van der Waals surface area contributed by atoms with Gasteiger partial charge in [0.2, 0.25) is 0 Å². The molecule has 0 atom stereocenters. The Bertz CT molecular complexity index is 994. The van der Waals surface area contributed by atoms with E-state index in [0.29, 0.717) is 17.9 Å². The van der Waals surface area contributed by atoms with Gasteiger partial charge in [0, 0.05) is 6.54 Å². The van der Waals surface area contributed by atoms with Crippen molar-refractivity contribution in [3.05, 3.63) is 84.1 Å². The van der Waals surface area contributed by atoms with E-state index in [1.807, 2.05) is 30.3 Å². The Morgan fingerprint density at radius 1 is 0.903 bits per heavy atom. The molecule has 8 nitrogen and oxygen atoms in total. The number of carbonyl (C=O) groups excluding carboxylic acids is 2. The molecular weight excluding hydrogens is 405 g/mol. The first-order valence-electron chi connectivity index (χ1n) is 9.60. The lowest BCUT2D eigenvalue weighted by molar-refractivity contribution is 0.0904. The molecule has 0 aliphatic heterocycles. The van der Waals surface area contributed by atoms with Crippen molar-refractivity contribution >= 4 is 11.9 Å². The molecule has 0 fully saturated rings. The lowest BCUT2D eigenvalue weighted by Gasteiger charge is -2.09. The summed E-state index contributed by atoms with van der Waals surface area (Å²) >= 11 is 0. The molecule has 0 aliphatic rings. The summed E-state index contributed by atoms with van der Waals surface area (Å²) < 4.78 is 29.6. The zero-order valence-corrected chi connectivity index (χ0v) is 16.6. The SMILES string of the molecule is O=C(NCCCOc1ccccc1F)NNC(=O)c1ccc(COc2ccccc2)o1. The van der Waals surface area contributed by atoms with Crippen LogP contribution < -0.4 is 25.6 Å². The Labute approximate surface area is 178 Å². The number of ether oxygens (including phenoxy) is 2. The highest BCUT2D eigenvalue weighted by atomic mass is 19.1. The van der Waals surface area contributed by atoms with Crippen LogP contribution in [0.25, 0.3) is 0 Å². The fourth-order valence-corrected chi connectivity index (χ4v) is 2.49. The predicted octanol–water partition coefficient (Wildman–Crippen LogP) is 3.41. The Balaban J connectivity index is 1.30. The number of carbonyl (C=O) groups is 2. The molecule has 0 spiro atoms. The van der Waals surface area contributed by atoms with Gasteiger partial charge in [-0.1, -0.05) is 30.3 Å². The van der Waals surface area contributed by atoms with Crippen molar-refractivity contribution in [2.45, 2.75) is 13.0 Å². The lowest BCUT2D eigenvalue weighted by atomic mass is 10.3. The van der Waals surface area contributed by atoms with Gasteiger partial charge in [0.1, 0.15) is 18.1 Å². The standard InChI is InChI=1S/C22H22FN3O5/c23-18-9-4-5-10-19(18)29-14-6-13-24-22(28)26-25-21(27)20-12-11-17(31-20)15-30-16-7-2-1-3-8-16/h1-5,7-12H,6,13-15H2,(H,25,27)(H2,24,26,28). The van der Waals surface area contributed by atoms with Gasteiger partial charge < -0.3 is 19.2 Å². The maximum absolute atomic E-state index is 13.4. The van der Waals surface area contributed by atoms with Crippen LogP contribution in [-0.4, -0.2) is 25.1 Å². The number of benzene rings is 2. The van der Waals surface area contributed by atoms with Crippen LogP contribution in [0.3, 0.4) is 0 Å². The van der Waals surface area contributed by atoms with E-state index in [-0.39, 0.29) is 31.3 Å². The summed E-state index contributed by atoms with van der Waals surface area (Å²) in [5, 5.41) is 2.54. The van der Waals surface area contributed by atoms with Crippen LogP contribution >= 0.6 is 0 Å². The first-order chi connectivity index (χ1) is 15.1. The molecule has 0 radical (unpaired) electrons. The van der Waals surface area contributed by atoms with Gasteiger partial charge in [-0.05, 0) is 42.8 Å². The summed E-state index contributed by atoms with van der Waals surface area (Å²) in [6, 6.07) is 17.8. The second-order valence-electron chi connectivity index (χ2n) is 6.34. The first kappa shape index (κ1) is 21.7. The molecule has 9 heteroatoms. The lowest BCUT2D eigenvalue weighted by Crippen LogP contribution is -2.47. The summed E-state index contributed by atoms with van der Waals surface area (Å²) in [6.45, 7) is 0.672. The number of amides is 3. The van der Waals surface area contributed by atoms with Crippen LogP contribution in [0.5, 0.6) is 11.5 Å². The Morgan fingerprint density at radius 3 is 2.48 bits per heavy atom. The van der Waals surface area contributed by atoms with Crippen LogP contribution in [0.2, 0.25) is 0 Å². The van der Waals surface area contributed by atoms with E-state index in [4.69, 9.17) is 13.9 Å². The molecule has 0 saturated heterocycles. The fraction of sp³-hybridized carbons (Fsp3) is 0.182. The van der Waals surface area contributed by atoms with Crippen molar-refractivity contribution in [2.75, 3.05) is 13.2 Å². The largest absolute Gasteiger partial charge is 0.490 e. The van der Waals surface area contributed by atoms with Gasteiger partial charge in [-0.2, -0.15) is 0 Å². The summed E-state index contributed by atoms with van der Waals surface area (Å²) in [5.41, 5.74) is 4.47. The molecule has 3 rings (SSSR count). The molecule has 1 heterocycles. The Morgan fingerprint density at radius 2 is 1.68 bits per heavy atom. The molecule has 0 saturated carbocycles. The molecule has 31 heavy (non-hydrogen) atoms. The third kappa shape index (κ3) is 7.07. The normalized spacial score (nSPS) is 10.2. The van der Waals surface area contributed by atoms with Crippen LogP contribution in [0.4, 0.5) is 9.18 Å². The molecule has 3 amide bonds. The summed E-state index contributed by atoms with van der Waals surface area (Å²) in [7, 11) is 0. The van der Waals surface area contributed by atoms with Crippen LogP contribution in [-0.2, 0) is 6.61 Å². The molecular formula is C22H22FN3O5. The second kappa shape index (κ2) is 11.2. The topological polar surface area (TPSA) is 102 Å². The van der Waals surface area contributed by atoms with Gasteiger partial charge in [-0.25, -0.2) is 14.6 Å². The predicted molar refractivity (Wildman–Crippen MR) is 110 cm³/mol. The summed E-state index contributed by atoms with van der Waals surface area (Å²) in [4.78, 5) is 23.8. The number of rotatable bonds is 9. The van der Waals surface area contributed by atoms with Gasteiger partial charge in [0.25, 0.3) is 0 Å². The molecule has 3 N–H and O–H groups in total. The molecule has 162 valence electrons. The third-order valence-electron chi connectivity index (χ3n) is 4.00. The van der Waals surface area contributed by atoms with Crippen LogP contribution in [0, 0.1) is 5.82 Å². The highest BCUT2D eigenvalue weighted by Crippen LogP contribution is 2.15. The van der Waals surface area contributed by atoms with Crippen molar-refractivity contribution in [2.24, 2.45) is 0 Å². The van der Waals surface area contributed by atoms with Crippen LogP contribution in [0.1, 0.15) is 22.7 Å². The van der Waals surface area contributed by atoms with E-state index in [1.165, 1.54) is 18.2 Å². The van der Waals surface area contributed by atoms with E-state index in [0.717, 1.165) is 0 Å². The maximum atomic E-state index is 13.4. The average Bonchev–Trinajstić information content (AvgIpc) is 3.27. The summed E-state index contributed by atoms with van der Waals surface area (Å²) in [6.07, 6.45) is 0.457. The number of hydrogen-bond donors (Lipinski definition) is 3. The first-order valence-corrected chi connectivity index (χ1v) is 9.60. The van der Waals surface area contributed by atoms with E-state index in [2.05, 4.69) is 16.2 Å². The maximum Gasteiger partial charge on any atom is 0.333 e. The zero-order valence-electron chi connectivity index (χ0n) is 16.6. The second-order valence-corrected chi connectivity index (χ2v) is 6.34. The number of halogens is 1. The van der Waals surface area contributed by atoms with Crippen molar-refractivity contribution in [3.63, 3.8) is 0 Å². The van der Waals surface area contributed by atoms with Crippen molar-refractivity contribution in [1.29, 1.82) is 0 Å². The number of hydrazine groups is 1. The van der Waals surface area contributed by atoms with E-state index >= 15 is 0 Å². The smallest absolute Gasteiger partial charge is 0.333 e. The van der Waals surface area contributed by atoms with Gasteiger partial charge in [-0.15, -0.1) is 0 Å². The van der Waals surface area contributed by atoms with Crippen molar-refractivity contribution in [3.8, 4) is 11.5 Å². The minimum atomic E-state index is -0.607. The Hall–Kier alpha value is -4.01. The van der Waals surface area contributed by atoms with Crippen molar-refractivity contribution < 1.29 is 27.9 Å². The van der Waals surface area contributed by atoms with Crippen molar-refractivity contribution in [1.82, 2.24) is 16.2 Å². The zero-order chi connectivity index (χ0) is 21.9. The molecule has 3 aromatic rings. The number of furan rings is 1. The minimum Gasteiger partial charge on any atom is -0.490 e. The summed E-state index contributed by atoms with van der Waals surface area (Å²) in [5.74, 6) is 0.292. The highest BCUT2D eigenvalue weighted by Gasteiger charge is 2.12. The number of para-hydroxylation sites is 2. The van der Waals surface area contributed by atoms with E-state index < -0.39 is 17.8 Å². The molecule has 1 aromatic heterocycles. The van der Waals surface area contributed by atoms with Gasteiger partial charge in [0.05, 0.1) is 6.61 Å². The van der Waals surface area contributed by atoms with Gasteiger partial charge in [-0.3, -0.25) is 10.2 Å². The minimum absolute atomic E-state index is 0.0326. The van der Waals surface area contributed by atoms with Gasteiger partial charge >= 0.3 is 11.9 Å². The molecule has 0 aliphatic carbocycles. The number of nitrogens with one attached hydrogen (secondary N) is 3. The Kier molecular flexibility index (Phi) is 7.87. The van der Waals surface area contributed by atoms with E-state index in [1.54, 1.807) is 18.2 Å². The van der Waals surface area contributed by atoms with Gasteiger partial charge in [0.15, 0.2) is 17.3 Å². The van der Waals surface area contributed by atoms with Crippen LogP contribution in [0.15, 0.2) is 71.1 Å². The quantitative estimate of drug-likeness (QED) is 0.359.